The molecule has 1 heterocycles. The highest BCUT2D eigenvalue weighted by Gasteiger charge is 2.28. The molecule has 0 amide bonds. The SMILES string of the molecule is CC.Cc1cc(Cl)cc(OCC(F)(F)F)n1. The van der Waals surface area contributed by atoms with E-state index in [-0.39, 0.29) is 5.88 Å². The van der Waals surface area contributed by atoms with Crippen molar-refractivity contribution in [1.29, 1.82) is 0 Å². The zero-order valence-corrected chi connectivity index (χ0v) is 9.99. The van der Waals surface area contributed by atoms with Gasteiger partial charge in [0.1, 0.15) is 0 Å². The smallest absolute Gasteiger partial charge is 0.422 e. The molecular weight excluding hydrogens is 243 g/mol. The van der Waals surface area contributed by atoms with E-state index in [2.05, 4.69) is 9.72 Å². The van der Waals surface area contributed by atoms with Crippen molar-refractivity contribution < 1.29 is 17.9 Å². The Morgan fingerprint density at radius 2 is 1.88 bits per heavy atom. The molecule has 0 saturated carbocycles. The van der Waals surface area contributed by atoms with Gasteiger partial charge in [0.05, 0.1) is 0 Å². The lowest BCUT2D eigenvalue weighted by Crippen LogP contribution is -2.19. The lowest BCUT2D eigenvalue weighted by molar-refractivity contribution is -0.154. The molecule has 6 heteroatoms. The van der Waals surface area contributed by atoms with Crippen molar-refractivity contribution in [3.8, 4) is 5.88 Å². The quantitative estimate of drug-likeness (QED) is 0.797. The van der Waals surface area contributed by atoms with Gasteiger partial charge in [-0.2, -0.15) is 13.2 Å². The Bertz CT molecular complexity index is 308. The molecule has 1 rings (SSSR count). The van der Waals surface area contributed by atoms with Crippen LogP contribution in [-0.2, 0) is 0 Å². The average Bonchev–Trinajstić information content (AvgIpc) is 2.15. The number of aryl methyl sites for hydroxylation is 1. The van der Waals surface area contributed by atoms with Gasteiger partial charge < -0.3 is 4.74 Å². The van der Waals surface area contributed by atoms with E-state index < -0.39 is 12.8 Å². The lowest BCUT2D eigenvalue weighted by atomic mass is 10.4. The number of aromatic nitrogens is 1. The first-order valence-corrected chi connectivity index (χ1v) is 5.08. The van der Waals surface area contributed by atoms with Crippen LogP contribution < -0.4 is 4.74 Å². The van der Waals surface area contributed by atoms with Crippen LogP contribution in [0, 0.1) is 6.92 Å². The average molecular weight is 256 g/mol. The fourth-order valence-corrected chi connectivity index (χ4v) is 1.08. The number of nitrogens with zero attached hydrogens (tertiary/aromatic N) is 1. The van der Waals surface area contributed by atoms with Gasteiger partial charge in [-0.1, -0.05) is 25.4 Å². The van der Waals surface area contributed by atoms with Gasteiger partial charge in [-0.25, -0.2) is 4.98 Å². The number of halogens is 4. The van der Waals surface area contributed by atoms with E-state index in [9.17, 15) is 13.2 Å². The summed E-state index contributed by atoms with van der Waals surface area (Å²) in [7, 11) is 0. The zero-order chi connectivity index (χ0) is 12.8. The molecule has 92 valence electrons. The number of ether oxygens (including phenoxy) is 1. The first-order valence-electron chi connectivity index (χ1n) is 4.70. The Hall–Kier alpha value is -0.970. The Balaban J connectivity index is 0.00000106. The van der Waals surface area contributed by atoms with E-state index >= 15 is 0 Å². The standard InChI is InChI=1S/C8H7ClF3NO.C2H6/c1-5-2-6(9)3-7(13-5)14-4-8(10,11)12;1-2/h2-3H,4H2,1H3;1-2H3. The summed E-state index contributed by atoms with van der Waals surface area (Å²) < 4.78 is 39.7. The topological polar surface area (TPSA) is 22.1 Å². The maximum atomic E-state index is 11.8. The van der Waals surface area contributed by atoms with Crippen molar-refractivity contribution >= 4 is 11.6 Å². The maximum Gasteiger partial charge on any atom is 0.422 e. The van der Waals surface area contributed by atoms with Crippen molar-refractivity contribution in [2.75, 3.05) is 6.61 Å². The van der Waals surface area contributed by atoms with Gasteiger partial charge in [-0.05, 0) is 13.0 Å². The zero-order valence-electron chi connectivity index (χ0n) is 9.23. The van der Waals surface area contributed by atoms with Crippen LogP contribution in [0.3, 0.4) is 0 Å². The third kappa shape index (κ3) is 6.50. The largest absolute Gasteiger partial charge is 0.468 e. The molecule has 0 atom stereocenters. The second kappa shape index (κ2) is 6.58. The molecule has 0 aliphatic heterocycles. The summed E-state index contributed by atoms with van der Waals surface area (Å²) >= 11 is 5.60. The fourth-order valence-electron chi connectivity index (χ4n) is 0.827. The van der Waals surface area contributed by atoms with E-state index in [0.717, 1.165) is 0 Å². The van der Waals surface area contributed by atoms with Crippen LogP contribution in [0.5, 0.6) is 5.88 Å². The molecule has 0 saturated heterocycles. The van der Waals surface area contributed by atoms with Gasteiger partial charge in [0, 0.05) is 16.8 Å². The van der Waals surface area contributed by atoms with Crippen LogP contribution in [0.25, 0.3) is 0 Å². The highest BCUT2D eigenvalue weighted by molar-refractivity contribution is 6.30. The molecule has 0 fully saturated rings. The van der Waals surface area contributed by atoms with Gasteiger partial charge >= 0.3 is 6.18 Å². The predicted molar refractivity (Wildman–Crippen MR) is 56.9 cm³/mol. The van der Waals surface area contributed by atoms with Crippen LogP contribution in [0.2, 0.25) is 5.02 Å². The highest BCUT2D eigenvalue weighted by Crippen LogP contribution is 2.20. The molecule has 0 radical (unpaired) electrons. The second-order valence-electron chi connectivity index (χ2n) is 2.67. The lowest BCUT2D eigenvalue weighted by Gasteiger charge is -2.08. The van der Waals surface area contributed by atoms with Crippen molar-refractivity contribution in [3.63, 3.8) is 0 Å². The number of alkyl halides is 3. The first-order chi connectivity index (χ1) is 7.37. The van der Waals surface area contributed by atoms with Gasteiger partial charge in [-0.15, -0.1) is 0 Å². The summed E-state index contributed by atoms with van der Waals surface area (Å²) in [5.74, 6) is -0.118. The van der Waals surface area contributed by atoms with Gasteiger partial charge in [-0.3, -0.25) is 0 Å². The van der Waals surface area contributed by atoms with Crippen LogP contribution in [0.15, 0.2) is 12.1 Å². The summed E-state index contributed by atoms with van der Waals surface area (Å²) in [5.41, 5.74) is 0.509. The monoisotopic (exact) mass is 255 g/mol. The van der Waals surface area contributed by atoms with Crippen molar-refractivity contribution in [3.05, 3.63) is 22.8 Å². The molecule has 0 bridgehead atoms. The molecule has 2 nitrogen and oxygen atoms in total. The van der Waals surface area contributed by atoms with E-state index in [4.69, 9.17) is 11.6 Å². The molecule has 0 aliphatic carbocycles. The number of pyridine rings is 1. The van der Waals surface area contributed by atoms with Crippen LogP contribution in [0.1, 0.15) is 19.5 Å². The molecule has 0 aromatic carbocycles. The Morgan fingerprint density at radius 3 is 2.31 bits per heavy atom. The predicted octanol–water partition coefficient (Wildman–Crippen LogP) is 4.01. The minimum atomic E-state index is -4.36. The normalized spacial score (nSPS) is 10.4. The number of hydrogen-bond acceptors (Lipinski definition) is 2. The summed E-state index contributed by atoms with van der Waals surface area (Å²) in [5, 5.41) is 0.301. The fraction of sp³-hybridized carbons (Fsp3) is 0.500. The van der Waals surface area contributed by atoms with Crippen molar-refractivity contribution in [2.45, 2.75) is 26.9 Å². The molecule has 1 aromatic rings. The van der Waals surface area contributed by atoms with E-state index in [1.54, 1.807) is 6.92 Å². The summed E-state index contributed by atoms with van der Waals surface area (Å²) in [4.78, 5) is 3.73. The van der Waals surface area contributed by atoms with Crippen LogP contribution in [-0.4, -0.2) is 17.8 Å². The molecule has 0 unspecified atom stereocenters. The summed E-state index contributed by atoms with van der Waals surface area (Å²) in [6.45, 7) is 4.26. The van der Waals surface area contributed by atoms with Crippen molar-refractivity contribution in [1.82, 2.24) is 4.98 Å². The maximum absolute atomic E-state index is 11.8. The van der Waals surface area contributed by atoms with Gasteiger partial charge in [0.15, 0.2) is 6.61 Å². The van der Waals surface area contributed by atoms with Crippen LogP contribution >= 0.6 is 11.6 Å². The summed E-state index contributed by atoms with van der Waals surface area (Å²) in [6.07, 6.45) is -4.36. The molecule has 0 N–H and O–H groups in total. The molecule has 0 spiro atoms. The Labute approximate surface area is 97.4 Å². The van der Waals surface area contributed by atoms with Crippen LogP contribution in [0.4, 0.5) is 13.2 Å². The number of hydrogen-bond donors (Lipinski definition) is 0. The van der Waals surface area contributed by atoms with Gasteiger partial charge in [0.2, 0.25) is 5.88 Å². The van der Waals surface area contributed by atoms with Gasteiger partial charge in [0.25, 0.3) is 0 Å². The second-order valence-corrected chi connectivity index (χ2v) is 3.11. The van der Waals surface area contributed by atoms with E-state index in [0.29, 0.717) is 10.7 Å². The number of rotatable bonds is 2. The third-order valence-electron chi connectivity index (χ3n) is 1.28. The highest BCUT2D eigenvalue weighted by atomic mass is 35.5. The molecular formula is C10H13ClF3NO. The molecule has 0 aliphatic rings. The molecule has 16 heavy (non-hydrogen) atoms. The van der Waals surface area contributed by atoms with E-state index in [1.807, 2.05) is 13.8 Å². The Morgan fingerprint density at radius 1 is 1.31 bits per heavy atom. The van der Waals surface area contributed by atoms with E-state index in [1.165, 1.54) is 12.1 Å². The summed E-state index contributed by atoms with van der Waals surface area (Å²) in [6, 6.07) is 2.77. The third-order valence-corrected chi connectivity index (χ3v) is 1.50. The minimum absolute atomic E-state index is 0.118. The Kier molecular flexibility index (Phi) is 6.18. The van der Waals surface area contributed by atoms with Crippen molar-refractivity contribution in [2.24, 2.45) is 0 Å². The minimum Gasteiger partial charge on any atom is -0.468 e. The molecule has 1 aromatic heterocycles. The first kappa shape index (κ1) is 15.0.